The molecular formula is C13H17F2NO4. The maximum Gasteiger partial charge on any atom is 0.387 e. The van der Waals surface area contributed by atoms with Crippen molar-refractivity contribution in [2.45, 2.75) is 26.0 Å². The summed E-state index contributed by atoms with van der Waals surface area (Å²) >= 11 is 0. The highest BCUT2D eigenvalue weighted by Crippen LogP contribution is 2.32. The van der Waals surface area contributed by atoms with Gasteiger partial charge in [0.1, 0.15) is 0 Å². The fourth-order valence-corrected chi connectivity index (χ4v) is 1.60. The molecule has 20 heavy (non-hydrogen) atoms. The van der Waals surface area contributed by atoms with E-state index in [1.807, 2.05) is 0 Å². The highest BCUT2D eigenvalue weighted by atomic mass is 19.3. The zero-order valence-electron chi connectivity index (χ0n) is 11.3. The van der Waals surface area contributed by atoms with Crippen LogP contribution in [0.1, 0.15) is 24.9 Å². The van der Waals surface area contributed by atoms with Gasteiger partial charge in [0.2, 0.25) is 0 Å². The molecule has 0 saturated heterocycles. The molecular weight excluding hydrogens is 272 g/mol. The number of carbonyl (C=O) groups is 1. The summed E-state index contributed by atoms with van der Waals surface area (Å²) in [5.74, 6) is -0.371. The second-order valence-electron chi connectivity index (χ2n) is 3.90. The lowest BCUT2D eigenvalue weighted by Crippen LogP contribution is -2.16. The molecule has 5 nitrogen and oxygen atoms in total. The summed E-state index contributed by atoms with van der Waals surface area (Å²) in [6.07, 6.45) is -0.0167. The zero-order chi connectivity index (χ0) is 15.1. The number of benzene rings is 1. The van der Waals surface area contributed by atoms with Gasteiger partial charge in [0.25, 0.3) is 0 Å². The first kappa shape index (κ1) is 16.2. The quantitative estimate of drug-likeness (QED) is 0.779. The van der Waals surface area contributed by atoms with Crippen molar-refractivity contribution in [2.75, 3.05) is 13.7 Å². The molecule has 112 valence electrons. The van der Waals surface area contributed by atoms with Gasteiger partial charge in [0.15, 0.2) is 11.5 Å². The normalized spacial score (nSPS) is 12.1. The number of rotatable bonds is 7. The smallest absolute Gasteiger partial charge is 0.387 e. The zero-order valence-corrected chi connectivity index (χ0v) is 11.3. The van der Waals surface area contributed by atoms with Crippen LogP contribution in [0.5, 0.6) is 11.5 Å². The molecule has 1 aromatic carbocycles. The number of hydrogen-bond acceptors (Lipinski definition) is 5. The fraction of sp³-hybridized carbons (Fsp3) is 0.462. The van der Waals surface area contributed by atoms with Gasteiger partial charge >= 0.3 is 12.6 Å². The first-order valence-corrected chi connectivity index (χ1v) is 6.01. The van der Waals surface area contributed by atoms with Crippen LogP contribution in [-0.4, -0.2) is 26.3 Å². The Hall–Kier alpha value is -1.89. The standard InChI is InChI=1S/C13H17F2NO4/c1-3-19-11-6-8(9(16)7-12(17)18-2)4-5-10(11)20-13(14)15/h4-6,9,13H,3,7,16H2,1-2H3. The fourth-order valence-electron chi connectivity index (χ4n) is 1.60. The Balaban J connectivity index is 2.93. The number of methoxy groups -OCH3 is 1. The topological polar surface area (TPSA) is 70.8 Å². The molecule has 1 unspecified atom stereocenters. The van der Waals surface area contributed by atoms with Gasteiger partial charge in [-0.1, -0.05) is 6.07 Å². The summed E-state index contributed by atoms with van der Waals surface area (Å²) in [4.78, 5) is 11.2. The molecule has 0 spiro atoms. The van der Waals surface area contributed by atoms with Crippen molar-refractivity contribution in [2.24, 2.45) is 5.73 Å². The van der Waals surface area contributed by atoms with Gasteiger partial charge in [-0.2, -0.15) is 8.78 Å². The van der Waals surface area contributed by atoms with E-state index in [-0.39, 0.29) is 24.5 Å². The Morgan fingerprint density at radius 1 is 1.35 bits per heavy atom. The van der Waals surface area contributed by atoms with Gasteiger partial charge in [0, 0.05) is 6.04 Å². The lowest BCUT2D eigenvalue weighted by molar-refractivity contribution is -0.141. The van der Waals surface area contributed by atoms with Gasteiger partial charge in [-0.05, 0) is 24.6 Å². The number of ether oxygens (including phenoxy) is 3. The third kappa shape index (κ3) is 4.65. The molecule has 0 heterocycles. The summed E-state index contributed by atoms with van der Waals surface area (Å²) in [7, 11) is 1.26. The predicted octanol–water partition coefficient (Wildman–Crippen LogP) is 2.25. The monoisotopic (exact) mass is 289 g/mol. The molecule has 7 heteroatoms. The highest BCUT2D eigenvalue weighted by molar-refractivity contribution is 5.70. The average Bonchev–Trinajstić information content (AvgIpc) is 2.40. The van der Waals surface area contributed by atoms with Gasteiger partial charge in [0.05, 0.1) is 20.1 Å². The average molecular weight is 289 g/mol. The Morgan fingerprint density at radius 3 is 2.60 bits per heavy atom. The molecule has 0 radical (unpaired) electrons. The van der Waals surface area contributed by atoms with Crippen molar-refractivity contribution < 1.29 is 27.8 Å². The second-order valence-corrected chi connectivity index (χ2v) is 3.90. The summed E-state index contributed by atoms with van der Waals surface area (Å²) in [6.45, 7) is -0.938. The van der Waals surface area contributed by atoms with E-state index in [0.717, 1.165) is 0 Å². The molecule has 1 rings (SSSR count). The van der Waals surface area contributed by atoms with E-state index in [0.29, 0.717) is 5.56 Å². The van der Waals surface area contributed by atoms with Crippen LogP contribution in [-0.2, 0) is 9.53 Å². The molecule has 0 amide bonds. The first-order valence-electron chi connectivity index (χ1n) is 6.01. The van der Waals surface area contributed by atoms with Crippen LogP contribution in [0.2, 0.25) is 0 Å². The van der Waals surface area contributed by atoms with Gasteiger partial charge < -0.3 is 19.9 Å². The lowest BCUT2D eigenvalue weighted by atomic mass is 10.0. The summed E-state index contributed by atoms with van der Waals surface area (Å²) in [5.41, 5.74) is 6.41. The van der Waals surface area contributed by atoms with E-state index in [1.165, 1.54) is 25.3 Å². The molecule has 0 fully saturated rings. The second kappa shape index (κ2) is 7.64. The van der Waals surface area contributed by atoms with Crippen molar-refractivity contribution in [1.82, 2.24) is 0 Å². The molecule has 0 aliphatic carbocycles. The van der Waals surface area contributed by atoms with E-state index >= 15 is 0 Å². The molecule has 1 aromatic rings. The minimum absolute atomic E-state index is 0.0167. The van der Waals surface area contributed by atoms with Crippen LogP contribution in [0.4, 0.5) is 8.78 Å². The minimum Gasteiger partial charge on any atom is -0.490 e. The van der Waals surface area contributed by atoms with E-state index in [2.05, 4.69) is 9.47 Å². The van der Waals surface area contributed by atoms with Gasteiger partial charge in [-0.3, -0.25) is 4.79 Å². The van der Waals surface area contributed by atoms with Crippen molar-refractivity contribution >= 4 is 5.97 Å². The molecule has 0 aliphatic heterocycles. The summed E-state index contributed by atoms with van der Waals surface area (Å²) in [5, 5.41) is 0. The van der Waals surface area contributed by atoms with Gasteiger partial charge in [-0.25, -0.2) is 0 Å². The molecule has 1 atom stereocenters. The Labute approximate surface area is 115 Å². The van der Waals surface area contributed by atoms with E-state index in [4.69, 9.17) is 10.5 Å². The Kier molecular flexibility index (Phi) is 6.17. The van der Waals surface area contributed by atoms with Crippen LogP contribution in [0.25, 0.3) is 0 Å². The number of halogens is 2. The van der Waals surface area contributed by atoms with E-state index < -0.39 is 18.6 Å². The summed E-state index contributed by atoms with van der Waals surface area (Å²) in [6, 6.07) is 3.72. The van der Waals surface area contributed by atoms with Crippen molar-refractivity contribution in [3.8, 4) is 11.5 Å². The number of carbonyl (C=O) groups excluding carboxylic acids is 1. The number of esters is 1. The number of hydrogen-bond donors (Lipinski definition) is 1. The minimum atomic E-state index is -2.94. The van der Waals surface area contributed by atoms with Crippen molar-refractivity contribution in [1.29, 1.82) is 0 Å². The van der Waals surface area contributed by atoms with E-state index in [1.54, 1.807) is 6.92 Å². The van der Waals surface area contributed by atoms with Crippen LogP contribution in [0.15, 0.2) is 18.2 Å². The number of nitrogens with two attached hydrogens (primary N) is 1. The SMILES string of the molecule is CCOc1cc(C(N)CC(=O)OC)ccc1OC(F)F. The molecule has 0 aromatic heterocycles. The van der Waals surface area contributed by atoms with Crippen molar-refractivity contribution in [3.05, 3.63) is 23.8 Å². The summed E-state index contributed by atoms with van der Waals surface area (Å²) < 4.78 is 38.6. The van der Waals surface area contributed by atoms with Gasteiger partial charge in [-0.15, -0.1) is 0 Å². The molecule has 0 saturated carbocycles. The Morgan fingerprint density at radius 2 is 2.05 bits per heavy atom. The third-order valence-electron chi connectivity index (χ3n) is 2.53. The maximum absolute atomic E-state index is 12.3. The number of alkyl halides is 2. The Bertz CT molecular complexity index is 454. The molecule has 0 aliphatic rings. The van der Waals surface area contributed by atoms with Crippen molar-refractivity contribution in [3.63, 3.8) is 0 Å². The van der Waals surface area contributed by atoms with Crippen LogP contribution >= 0.6 is 0 Å². The highest BCUT2D eigenvalue weighted by Gasteiger charge is 2.16. The van der Waals surface area contributed by atoms with Crippen LogP contribution in [0.3, 0.4) is 0 Å². The molecule has 0 bridgehead atoms. The maximum atomic E-state index is 12.3. The third-order valence-corrected chi connectivity index (χ3v) is 2.53. The van der Waals surface area contributed by atoms with Crippen LogP contribution < -0.4 is 15.2 Å². The predicted molar refractivity (Wildman–Crippen MR) is 67.8 cm³/mol. The molecule has 2 N–H and O–H groups in total. The largest absolute Gasteiger partial charge is 0.490 e. The first-order chi connectivity index (χ1) is 9.47. The lowest BCUT2D eigenvalue weighted by Gasteiger charge is -2.15. The van der Waals surface area contributed by atoms with E-state index in [9.17, 15) is 13.6 Å². The van der Waals surface area contributed by atoms with Crippen LogP contribution in [0, 0.1) is 0 Å².